The average Bonchev–Trinajstić information content (AvgIpc) is 3.62. The van der Waals surface area contributed by atoms with E-state index in [4.69, 9.17) is 0 Å². The summed E-state index contributed by atoms with van der Waals surface area (Å²) < 4.78 is 0. The van der Waals surface area contributed by atoms with Gasteiger partial charge in [-0.25, -0.2) is 0 Å². The molecule has 1 radical (unpaired) electrons. The van der Waals surface area contributed by atoms with E-state index in [0.717, 1.165) is 6.42 Å². The summed E-state index contributed by atoms with van der Waals surface area (Å²) in [6, 6.07) is 31.7. The summed E-state index contributed by atoms with van der Waals surface area (Å²) in [5, 5.41) is 1.59. The summed E-state index contributed by atoms with van der Waals surface area (Å²) >= 11 is 0. The number of rotatable bonds is 4. The Bertz CT molecular complexity index is 1630. The molecule has 0 saturated carbocycles. The number of fused-ring (bicyclic) bond motifs is 3. The van der Waals surface area contributed by atoms with Crippen molar-refractivity contribution in [2.75, 3.05) is 0 Å². The molecule has 4 aromatic carbocycles. The van der Waals surface area contributed by atoms with Crippen LogP contribution in [0.2, 0.25) is 13.1 Å². The molecule has 0 bridgehead atoms. The van der Waals surface area contributed by atoms with Crippen molar-refractivity contribution in [2.45, 2.75) is 38.3 Å². The summed E-state index contributed by atoms with van der Waals surface area (Å²) in [5.74, 6) is 0.609. The second-order valence-electron chi connectivity index (χ2n) is 10.9. The Morgan fingerprint density at radius 2 is 1.27 bits per heavy atom. The van der Waals surface area contributed by atoms with Crippen LogP contribution in [-0.2, 0) is 6.42 Å². The molecule has 1 heteroatoms. The third-order valence-electron chi connectivity index (χ3n) is 8.46. The summed E-state index contributed by atoms with van der Waals surface area (Å²) in [5.41, 5.74) is 16.0. The number of hydrogen-bond acceptors (Lipinski definition) is 0. The summed E-state index contributed by atoms with van der Waals surface area (Å²) in [6.07, 6.45) is 10.6. The molecule has 179 valence electrons. The molecule has 0 spiro atoms. The maximum Gasteiger partial charge on any atom is 0.0796 e. The van der Waals surface area contributed by atoms with Gasteiger partial charge in [0.25, 0.3) is 0 Å². The van der Waals surface area contributed by atoms with E-state index in [0.29, 0.717) is 11.8 Å². The smallest absolute Gasteiger partial charge is 0.0720 e. The van der Waals surface area contributed by atoms with Gasteiger partial charge in [-0.1, -0.05) is 133 Å². The molecule has 4 aromatic rings. The number of allylic oxidation sites excluding steroid dienone is 4. The van der Waals surface area contributed by atoms with Crippen LogP contribution in [-0.4, -0.2) is 8.80 Å². The van der Waals surface area contributed by atoms with Crippen LogP contribution in [0.1, 0.15) is 57.7 Å². The molecule has 0 N–H and O–H groups in total. The lowest BCUT2D eigenvalue weighted by Crippen LogP contribution is -2.30. The Hall–Kier alpha value is -3.68. The first-order valence-corrected chi connectivity index (χ1v) is 15.9. The fourth-order valence-corrected chi connectivity index (χ4v) is 8.14. The predicted molar refractivity (Wildman–Crippen MR) is 161 cm³/mol. The van der Waals surface area contributed by atoms with Gasteiger partial charge in [-0.2, -0.15) is 0 Å². The summed E-state index contributed by atoms with van der Waals surface area (Å²) in [6.45, 7) is 7.29. The van der Waals surface area contributed by atoms with Crippen LogP contribution < -0.4 is 5.19 Å². The Balaban J connectivity index is 1.54. The maximum atomic E-state index is 2.60. The van der Waals surface area contributed by atoms with E-state index in [1.54, 1.807) is 5.19 Å². The Kier molecular flexibility index (Phi) is 5.30. The minimum atomic E-state index is -0.698. The first kappa shape index (κ1) is 22.5. The van der Waals surface area contributed by atoms with Crippen molar-refractivity contribution in [1.29, 1.82) is 0 Å². The van der Waals surface area contributed by atoms with E-state index in [1.807, 2.05) is 0 Å². The SMILES string of the molecule is CC1=C(C2C=Cc3ccccc32)c2c(cc([Si](C)C)c(C3C=Cc4ccccc43)c2-c2ccccc2)C1. The quantitative estimate of drug-likeness (QED) is 0.251. The molecule has 3 aliphatic rings. The second kappa shape index (κ2) is 8.71. The minimum absolute atomic E-state index is 0.292. The minimum Gasteiger partial charge on any atom is -0.0720 e. The first-order chi connectivity index (χ1) is 18.1. The van der Waals surface area contributed by atoms with Crippen LogP contribution in [0.5, 0.6) is 0 Å². The van der Waals surface area contributed by atoms with Gasteiger partial charge < -0.3 is 0 Å². The molecule has 0 nitrogen and oxygen atoms in total. The second-order valence-corrected chi connectivity index (χ2v) is 13.5. The van der Waals surface area contributed by atoms with Crippen LogP contribution in [0.4, 0.5) is 0 Å². The van der Waals surface area contributed by atoms with Crippen LogP contribution in [0.15, 0.2) is 103 Å². The predicted octanol–water partition coefficient (Wildman–Crippen LogP) is 8.61. The van der Waals surface area contributed by atoms with Crippen molar-refractivity contribution in [3.8, 4) is 11.1 Å². The average molecular weight is 492 g/mol. The zero-order valence-electron chi connectivity index (χ0n) is 21.8. The molecule has 0 amide bonds. The van der Waals surface area contributed by atoms with E-state index in [9.17, 15) is 0 Å². The lowest BCUT2D eigenvalue weighted by molar-refractivity contribution is 1.05. The summed E-state index contributed by atoms with van der Waals surface area (Å²) in [4.78, 5) is 0. The van der Waals surface area contributed by atoms with Crippen LogP contribution in [0, 0.1) is 0 Å². The van der Waals surface area contributed by atoms with Gasteiger partial charge in [-0.15, -0.1) is 0 Å². The third-order valence-corrected chi connectivity index (χ3v) is 9.95. The zero-order valence-corrected chi connectivity index (χ0v) is 22.8. The fourth-order valence-electron chi connectivity index (χ4n) is 6.86. The molecule has 2 atom stereocenters. The van der Waals surface area contributed by atoms with E-state index in [-0.39, 0.29) is 0 Å². The monoisotopic (exact) mass is 491 g/mol. The van der Waals surface area contributed by atoms with Crippen LogP contribution >= 0.6 is 0 Å². The summed E-state index contributed by atoms with van der Waals surface area (Å²) in [7, 11) is -0.698. The van der Waals surface area contributed by atoms with Gasteiger partial charge in [0.1, 0.15) is 0 Å². The zero-order chi connectivity index (χ0) is 25.1. The van der Waals surface area contributed by atoms with E-state index in [1.165, 1.54) is 61.2 Å². The van der Waals surface area contributed by atoms with Crippen molar-refractivity contribution in [2.24, 2.45) is 0 Å². The highest BCUT2D eigenvalue weighted by molar-refractivity contribution is 6.71. The molecule has 2 unspecified atom stereocenters. The van der Waals surface area contributed by atoms with Gasteiger partial charge >= 0.3 is 0 Å². The standard InChI is InChI=1S/C36H31Si/c1-23-21-27-22-32(37(2)3)36(31-20-18-25-12-8-10-16-29(25)31)34(26-13-5-4-6-14-26)35(27)33(23)30-19-17-24-11-7-9-15-28(24)30/h4-20,22,30-31H,21H2,1-3H3. The molecule has 0 aliphatic heterocycles. The molecular formula is C36H31Si. The van der Waals surface area contributed by atoms with Gasteiger partial charge in [0.15, 0.2) is 0 Å². The molecule has 7 rings (SSSR count). The highest BCUT2D eigenvalue weighted by Crippen LogP contribution is 2.52. The Morgan fingerprint density at radius 1 is 0.676 bits per heavy atom. The lowest BCUT2D eigenvalue weighted by atomic mass is 9.79. The van der Waals surface area contributed by atoms with Crippen molar-refractivity contribution in [1.82, 2.24) is 0 Å². The van der Waals surface area contributed by atoms with E-state index in [2.05, 4.69) is 129 Å². The topological polar surface area (TPSA) is 0 Å². The molecule has 3 aliphatic carbocycles. The Labute approximate surface area is 222 Å². The maximum absolute atomic E-state index is 2.60. The van der Waals surface area contributed by atoms with Gasteiger partial charge in [-0.05, 0) is 69.0 Å². The number of benzene rings is 4. The van der Waals surface area contributed by atoms with Crippen molar-refractivity contribution in [3.05, 3.63) is 142 Å². The Morgan fingerprint density at radius 3 is 1.95 bits per heavy atom. The largest absolute Gasteiger partial charge is 0.0796 e. The van der Waals surface area contributed by atoms with Gasteiger partial charge in [0, 0.05) is 11.8 Å². The first-order valence-electron chi connectivity index (χ1n) is 13.4. The third kappa shape index (κ3) is 3.49. The van der Waals surface area contributed by atoms with E-state index < -0.39 is 8.80 Å². The van der Waals surface area contributed by atoms with Crippen LogP contribution in [0.3, 0.4) is 0 Å². The van der Waals surface area contributed by atoms with Gasteiger partial charge in [0.05, 0.1) is 8.80 Å². The molecule has 0 heterocycles. The molecule has 0 saturated heterocycles. The van der Waals surface area contributed by atoms with Crippen molar-refractivity contribution < 1.29 is 0 Å². The molecular weight excluding hydrogens is 460 g/mol. The van der Waals surface area contributed by atoms with Crippen molar-refractivity contribution in [3.63, 3.8) is 0 Å². The normalized spacial score (nSPS) is 19.0. The van der Waals surface area contributed by atoms with Crippen LogP contribution in [0.25, 0.3) is 28.9 Å². The number of hydrogen-bond donors (Lipinski definition) is 0. The molecule has 0 aromatic heterocycles. The van der Waals surface area contributed by atoms with Gasteiger partial charge in [-0.3, -0.25) is 0 Å². The fraction of sp³-hybridized carbons (Fsp3) is 0.167. The van der Waals surface area contributed by atoms with Gasteiger partial charge in [0.2, 0.25) is 0 Å². The molecule has 37 heavy (non-hydrogen) atoms. The lowest BCUT2D eigenvalue weighted by Gasteiger charge is -2.28. The van der Waals surface area contributed by atoms with E-state index >= 15 is 0 Å². The highest BCUT2D eigenvalue weighted by Gasteiger charge is 2.35. The highest BCUT2D eigenvalue weighted by atomic mass is 28.3. The molecule has 0 fully saturated rings. The van der Waals surface area contributed by atoms with Crippen molar-refractivity contribution >= 4 is 31.7 Å².